The van der Waals surface area contributed by atoms with Crippen molar-refractivity contribution in [3.05, 3.63) is 20.0 Å². The van der Waals surface area contributed by atoms with Crippen LogP contribution in [0.5, 0.6) is 0 Å². The Bertz CT molecular complexity index is 1100. The molecule has 5 rings (SSSR count). The van der Waals surface area contributed by atoms with E-state index in [1.165, 1.54) is 11.4 Å². The summed E-state index contributed by atoms with van der Waals surface area (Å²) in [5, 5.41) is 1.75. The molecule has 0 saturated carbocycles. The predicted molar refractivity (Wildman–Crippen MR) is 106 cm³/mol. The third-order valence-corrected chi connectivity index (χ3v) is 7.93. The van der Waals surface area contributed by atoms with E-state index >= 15 is 0 Å². The molecule has 24 heavy (non-hydrogen) atoms. The molecule has 4 aromatic rings. The molecule has 1 aromatic carbocycles. The van der Waals surface area contributed by atoms with E-state index in [1.807, 2.05) is 0 Å². The van der Waals surface area contributed by atoms with Gasteiger partial charge in [0.15, 0.2) is 0 Å². The van der Waals surface area contributed by atoms with Crippen LogP contribution in [0.2, 0.25) is 0 Å². The Morgan fingerprint density at radius 3 is 1.71 bits per heavy atom. The van der Waals surface area contributed by atoms with Crippen LogP contribution < -0.4 is 0 Å². The van der Waals surface area contributed by atoms with Gasteiger partial charge in [0.25, 0.3) is 0 Å². The summed E-state index contributed by atoms with van der Waals surface area (Å²) >= 11 is 11.1. The Kier molecular flexibility index (Phi) is 3.89. The van der Waals surface area contributed by atoms with Crippen LogP contribution in [0.15, 0.2) is 28.7 Å². The van der Waals surface area contributed by atoms with Gasteiger partial charge in [0.1, 0.15) is 0 Å². The zero-order valence-electron chi connectivity index (χ0n) is 11.2. The first-order valence-electron chi connectivity index (χ1n) is 6.36. The van der Waals surface area contributed by atoms with E-state index in [-0.39, 0.29) is 15.0 Å². The Morgan fingerprint density at radius 1 is 0.792 bits per heavy atom. The number of aromatic nitrogens is 4. The van der Waals surface area contributed by atoms with Crippen LogP contribution in [0.1, 0.15) is 0 Å². The summed E-state index contributed by atoms with van der Waals surface area (Å²) < 4.78 is 20.3. The Morgan fingerprint density at radius 2 is 1.29 bits per heavy atom. The second-order valence-electron chi connectivity index (χ2n) is 4.61. The van der Waals surface area contributed by atoms with Gasteiger partial charge in [0.05, 0.1) is 0 Å². The Labute approximate surface area is 169 Å². The van der Waals surface area contributed by atoms with Crippen LogP contribution in [-0.2, 0) is 11.4 Å². The van der Waals surface area contributed by atoms with E-state index in [0.29, 0.717) is 0 Å². The number of hydrogen-bond acceptors (Lipinski definition) is 8. The van der Waals surface area contributed by atoms with E-state index in [0.717, 1.165) is 51.1 Å². The van der Waals surface area contributed by atoms with Gasteiger partial charge in [-0.15, -0.1) is 0 Å². The fourth-order valence-corrected chi connectivity index (χ4v) is 6.64. The number of benzene rings is 1. The minimum absolute atomic E-state index is 0.170. The zero-order chi connectivity index (χ0) is 16.3. The summed E-state index contributed by atoms with van der Waals surface area (Å²) in [5.41, 5.74) is 5.20. The van der Waals surface area contributed by atoms with Crippen LogP contribution in [0.25, 0.3) is 32.2 Å². The molecule has 1 aliphatic heterocycles. The monoisotopic (exact) mass is 564 g/mol. The van der Waals surface area contributed by atoms with E-state index in [4.69, 9.17) is 0 Å². The standard InChI is InChI=1S/C12H2Br2N6S3Se/c13-3-1-15-11(21-3)5-7-8(18-23-17-7)6(10-9(5)19-24-20-10)12-16-2-4(14)22-12/h1-2H. The molecule has 0 N–H and O–H groups in total. The van der Waals surface area contributed by atoms with Crippen molar-refractivity contribution in [3.8, 4) is 21.1 Å². The van der Waals surface area contributed by atoms with Crippen LogP contribution in [0, 0.1) is 0 Å². The van der Waals surface area contributed by atoms with Gasteiger partial charge in [0, 0.05) is 0 Å². The van der Waals surface area contributed by atoms with E-state index in [1.54, 1.807) is 35.1 Å². The van der Waals surface area contributed by atoms with E-state index < -0.39 is 0 Å². The van der Waals surface area contributed by atoms with Crippen LogP contribution in [0.4, 0.5) is 11.4 Å². The third-order valence-electron chi connectivity index (χ3n) is 3.31. The van der Waals surface area contributed by atoms with Gasteiger partial charge in [-0.1, -0.05) is 0 Å². The van der Waals surface area contributed by atoms with Crippen molar-refractivity contribution < 1.29 is 0 Å². The first-order valence-corrected chi connectivity index (χ1v) is 11.8. The minimum atomic E-state index is -0.170. The zero-order valence-corrected chi connectivity index (χ0v) is 18.6. The Hall–Kier alpha value is -0.621. The Balaban J connectivity index is 1.92. The summed E-state index contributed by atoms with van der Waals surface area (Å²) in [6, 6.07) is 0. The summed E-state index contributed by atoms with van der Waals surface area (Å²) in [6.45, 7) is 0. The molecule has 0 amide bonds. The number of rotatable bonds is 2. The fraction of sp³-hybridized carbons (Fsp3) is 0. The van der Waals surface area contributed by atoms with Gasteiger partial charge in [-0.25, -0.2) is 0 Å². The van der Waals surface area contributed by atoms with Gasteiger partial charge >= 0.3 is 171 Å². The molecule has 4 heterocycles. The average Bonchev–Trinajstić information content (AvgIpc) is 3.31. The van der Waals surface area contributed by atoms with Crippen molar-refractivity contribution >= 4 is 103 Å². The third kappa shape index (κ3) is 2.36. The second kappa shape index (κ2) is 5.97. The van der Waals surface area contributed by atoms with Crippen molar-refractivity contribution in [2.45, 2.75) is 0 Å². The van der Waals surface area contributed by atoms with Crippen molar-refractivity contribution in [1.82, 2.24) is 17.9 Å². The first kappa shape index (κ1) is 15.6. The van der Waals surface area contributed by atoms with E-state index in [9.17, 15) is 0 Å². The normalized spacial score (nSPS) is 12.8. The number of halogens is 2. The number of hydrogen-bond donors (Lipinski definition) is 0. The van der Waals surface area contributed by atoms with Crippen LogP contribution in [-0.4, -0.2) is 32.9 Å². The summed E-state index contributed by atoms with van der Waals surface area (Å²) in [6.07, 6.45) is 3.59. The molecule has 0 unspecified atom stereocenters. The molecule has 12 heteroatoms. The number of thiazole rings is 2. The number of fused-ring (bicyclic) bond motifs is 2. The molecule has 0 aliphatic carbocycles. The number of nitrogens with zero attached hydrogens (tertiary/aromatic N) is 6. The quantitative estimate of drug-likeness (QED) is 0.277. The van der Waals surface area contributed by atoms with Crippen molar-refractivity contribution in [1.29, 1.82) is 0 Å². The van der Waals surface area contributed by atoms with Crippen molar-refractivity contribution in [2.75, 3.05) is 0 Å². The predicted octanol–water partition coefficient (Wildman–Crippen LogP) is 5.19. The SMILES string of the molecule is Brc1cnc(-c2c3c(c(-c4ncc(Br)s4)c4n[se]nc24)N=S=N3)s1. The summed E-state index contributed by atoms with van der Waals surface area (Å²) in [5.74, 6) is 0. The molecule has 0 radical (unpaired) electrons. The van der Waals surface area contributed by atoms with Gasteiger partial charge in [-0.05, 0) is 0 Å². The first-order chi connectivity index (χ1) is 11.7. The molecule has 0 fully saturated rings. The fourth-order valence-electron chi connectivity index (χ4n) is 2.40. The van der Waals surface area contributed by atoms with Gasteiger partial charge in [-0.3, -0.25) is 0 Å². The topological polar surface area (TPSA) is 76.3 Å². The molecular weight excluding hydrogens is 563 g/mol. The van der Waals surface area contributed by atoms with Gasteiger partial charge in [0.2, 0.25) is 0 Å². The van der Waals surface area contributed by atoms with Gasteiger partial charge < -0.3 is 0 Å². The van der Waals surface area contributed by atoms with Gasteiger partial charge in [-0.2, -0.15) is 0 Å². The van der Waals surface area contributed by atoms with E-state index in [2.05, 4.69) is 58.5 Å². The van der Waals surface area contributed by atoms with Crippen LogP contribution >= 0.6 is 54.5 Å². The molecule has 0 spiro atoms. The average molecular weight is 565 g/mol. The second-order valence-corrected chi connectivity index (χ2v) is 11.1. The van der Waals surface area contributed by atoms with Crippen LogP contribution in [0.3, 0.4) is 0 Å². The molecule has 3 aromatic heterocycles. The molecule has 0 saturated heterocycles. The maximum absolute atomic E-state index is 4.66. The molecule has 118 valence electrons. The maximum atomic E-state index is 4.66. The molecule has 1 aliphatic rings. The molecule has 0 bridgehead atoms. The summed E-state index contributed by atoms with van der Waals surface area (Å²) in [7, 11) is 0. The van der Waals surface area contributed by atoms with Crippen molar-refractivity contribution in [3.63, 3.8) is 0 Å². The van der Waals surface area contributed by atoms with Crippen molar-refractivity contribution in [2.24, 2.45) is 8.73 Å². The molecule has 6 nitrogen and oxygen atoms in total. The molecule has 0 atom stereocenters. The summed E-state index contributed by atoms with van der Waals surface area (Å²) in [4.78, 5) is 8.99. The molecular formula is C12H2Br2N6S3Se.